The lowest BCUT2D eigenvalue weighted by molar-refractivity contribution is 0.631. The van der Waals surface area contributed by atoms with Crippen LogP contribution in [-0.4, -0.2) is 12.6 Å². The Morgan fingerprint density at radius 2 is 1.93 bits per heavy atom. The summed E-state index contributed by atoms with van der Waals surface area (Å²) in [5.41, 5.74) is 1.65. The molecule has 1 heteroatoms. The van der Waals surface area contributed by atoms with E-state index in [4.69, 9.17) is 0 Å². The second-order valence-electron chi connectivity index (χ2n) is 4.95. The largest absolute Gasteiger partial charge is 0.314 e. The first kappa shape index (κ1) is 10.2. The molecule has 0 saturated heterocycles. The van der Waals surface area contributed by atoms with Crippen LogP contribution in [0.15, 0.2) is 11.6 Å². The van der Waals surface area contributed by atoms with E-state index in [1.54, 1.807) is 5.57 Å². The normalized spacial score (nSPS) is 24.5. The lowest BCUT2D eigenvalue weighted by Crippen LogP contribution is -2.16. The molecule has 0 aromatic rings. The minimum Gasteiger partial charge on any atom is -0.314 e. The average Bonchev–Trinajstić information content (AvgIpc) is 2.84. The van der Waals surface area contributed by atoms with Gasteiger partial charge in [-0.05, 0) is 51.5 Å². The highest BCUT2D eigenvalue weighted by Crippen LogP contribution is 2.30. The van der Waals surface area contributed by atoms with Gasteiger partial charge in [0.15, 0.2) is 0 Å². The van der Waals surface area contributed by atoms with Crippen molar-refractivity contribution in [2.45, 2.75) is 57.9 Å². The first-order valence-corrected chi connectivity index (χ1v) is 6.26. The second kappa shape index (κ2) is 4.97. The van der Waals surface area contributed by atoms with Crippen LogP contribution in [0.4, 0.5) is 0 Å². The van der Waals surface area contributed by atoms with Crippen molar-refractivity contribution in [3.05, 3.63) is 11.6 Å². The number of hydrogen-bond donors (Lipinski definition) is 1. The van der Waals surface area contributed by atoms with Crippen LogP contribution in [0, 0.1) is 5.92 Å². The molecular formula is C13H23N. The highest BCUT2D eigenvalue weighted by molar-refractivity contribution is 5.05. The summed E-state index contributed by atoms with van der Waals surface area (Å²) in [6.07, 6.45) is 12.3. The Labute approximate surface area is 88.0 Å². The van der Waals surface area contributed by atoms with Crippen molar-refractivity contribution in [2.75, 3.05) is 6.54 Å². The van der Waals surface area contributed by atoms with Gasteiger partial charge in [-0.25, -0.2) is 0 Å². The fourth-order valence-corrected chi connectivity index (χ4v) is 2.42. The monoisotopic (exact) mass is 193 g/mol. The van der Waals surface area contributed by atoms with Crippen LogP contribution >= 0.6 is 0 Å². The summed E-state index contributed by atoms with van der Waals surface area (Å²) in [7, 11) is 0. The summed E-state index contributed by atoms with van der Waals surface area (Å²) < 4.78 is 0. The zero-order chi connectivity index (χ0) is 9.80. The number of rotatable bonds is 5. The minimum absolute atomic E-state index is 0.871. The molecule has 0 aromatic carbocycles. The van der Waals surface area contributed by atoms with Crippen molar-refractivity contribution in [1.29, 1.82) is 0 Å². The van der Waals surface area contributed by atoms with Crippen LogP contribution in [0.3, 0.4) is 0 Å². The highest BCUT2D eigenvalue weighted by atomic mass is 14.9. The Hall–Kier alpha value is -0.300. The number of hydrogen-bond acceptors (Lipinski definition) is 1. The van der Waals surface area contributed by atoms with Crippen LogP contribution in [0.25, 0.3) is 0 Å². The molecule has 0 amide bonds. The summed E-state index contributed by atoms with van der Waals surface area (Å²) in [5, 5.41) is 3.56. The van der Waals surface area contributed by atoms with Gasteiger partial charge in [0.05, 0.1) is 0 Å². The van der Waals surface area contributed by atoms with Gasteiger partial charge >= 0.3 is 0 Å². The Balaban J connectivity index is 1.61. The average molecular weight is 193 g/mol. The highest BCUT2D eigenvalue weighted by Gasteiger charge is 2.19. The van der Waals surface area contributed by atoms with E-state index >= 15 is 0 Å². The Bertz CT molecular complexity index is 197. The molecule has 0 aromatic heterocycles. The van der Waals surface area contributed by atoms with Crippen molar-refractivity contribution >= 4 is 0 Å². The van der Waals surface area contributed by atoms with Crippen molar-refractivity contribution in [3.8, 4) is 0 Å². The van der Waals surface area contributed by atoms with Crippen molar-refractivity contribution in [1.82, 2.24) is 5.32 Å². The van der Waals surface area contributed by atoms with E-state index in [2.05, 4.69) is 18.3 Å². The summed E-state index contributed by atoms with van der Waals surface area (Å²) in [6.45, 7) is 3.52. The van der Waals surface area contributed by atoms with E-state index in [1.807, 2.05) is 0 Å². The van der Waals surface area contributed by atoms with Gasteiger partial charge in [0.1, 0.15) is 0 Å². The maximum atomic E-state index is 3.56. The van der Waals surface area contributed by atoms with Gasteiger partial charge in [-0.2, -0.15) is 0 Å². The lowest BCUT2D eigenvalue weighted by Gasteiger charge is -2.09. The SMILES string of the molecule is CC(=CCCNC1CC1)C1CCCC1. The third-order valence-electron chi connectivity index (χ3n) is 3.62. The first-order chi connectivity index (χ1) is 6.86. The summed E-state index contributed by atoms with van der Waals surface area (Å²) >= 11 is 0. The number of nitrogens with one attached hydrogen (secondary N) is 1. The molecule has 0 bridgehead atoms. The van der Waals surface area contributed by atoms with Gasteiger partial charge < -0.3 is 5.32 Å². The fraction of sp³-hybridized carbons (Fsp3) is 0.846. The zero-order valence-electron chi connectivity index (χ0n) is 9.39. The molecule has 0 aliphatic heterocycles. The molecule has 0 heterocycles. The molecule has 0 unspecified atom stereocenters. The van der Waals surface area contributed by atoms with Gasteiger partial charge in [-0.3, -0.25) is 0 Å². The predicted octanol–water partition coefficient (Wildman–Crippen LogP) is 3.27. The first-order valence-electron chi connectivity index (χ1n) is 6.26. The fourth-order valence-electron chi connectivity index (χ4n) is 2.42. The topological polar surface area (TPSA) is 12.0 Å². The molecule has 2 aliphatic rings. The van der Waals surface area contributed by atoms with Crippen molar-refractivity contribution < 1.29 is 0 Å². The zero-order valence-corrected chi connectivity index (χ0v) is 9.39. The van der Waals surface area contributed by atoms with Crippen LogP contribution in [0.1, 0.15) is 51.9 Å². The molecule has 0 radical (unpaired) electrons. The summed E-state index contributed by atoms with van der Waals surface area (Å²) in [4.78, 5) is 0. The minimum atomic E-state index is 0.871. The molecule has 2 fully saturated rings. The van der Waals surface area contributed by atoms with E-state index in [0.29, 0.717) is 0 Å². The van der Waals surface area contributed by atoms with E-state index in [0.717, 1.165) is 12.0 Å². The molecular weight excluding hydrogens is 170 g/mol. The van der Waals surface area contributed by atoms with E-state index < -0.39 is 0 Å². The van der Waals surface area contributed by atoms with Crippen LogP contribution in [0.2, 0.25) is 0 Å². The third kappa shape index (κ3) is 3.13. The molecule has 2 aliphatic carbocycles. The van der Waals surface area contributed by atoms with Crippen molar-refractivity contribution in [3.63, 3.8) is 0 Å². The van der Waals surface area contributed by atoms with Gasteiger partial charge in [0.25, 0.3) is 0 Å². The summed E-state index contributed by atoms with van der Waals surface area (Å²) in [6, 6.07) is 0.871. The maximum absolute atomic E-state index is 3.56. The van der Waals surface area contributed by atoms with Gasteiger partial charge in [-0.1, -0.05) is 24.5 Å². The van der Waals surface area contributed by atoms with E-state index in [9.17, 15) is 0 Å². The quantitative estimate of drug-likeness (QED) is 0.522. The molecule has 0 spiro atoms. The molecule has 2 saturated carbocycles. The molecule has 14 heavy (non-hydrogen) atoms. The second-order valence-corrected chi connectivity index (χ2v) is 4.95. The van der Waals surface area contributed by atoms with Gasteiger partial charge in [-0.15, -0.1) is 0 Å². The lowest BCUT2D eigenvalue weighted by atomic mass is 9.98. The molecule has 1 N–H and O–H groups in total. The van der Waals surface area contributed by atoms with Crippen LogP contribution in [-0.2, 0) is 0 Å². The Morgan fingerprint density at radius 1 is 1.21 bits per heavy atom. The molecule has 1 nitrogen and oxygen atoms in total. The van der Waals surface area contributed by atoms with Gasteiger partial charge in [0.2, 0.25) is 0 Å². The predicted molar refractivity (Wildman–Crippen MR) is 61.4 cm³/mol. The number of allylic oxidation sites excluding steroid dienone is 1. The molecule has 2 rings (SSSR count). The maximum Gasteiger partial charge on any atom is 0.00683 e. The molecule has 0 atom stereocenters. The third-order valence-corrected chi connectivity index (χ3v) is 3.62. The van der Waals surface area contributed by atoms with Crippen molar-refractivity contribution in [2.24, 2.45) is 5.92 Å². The summed E-state index contributed by atoms with van der Waals surface area (Å²) in [5.74, 6) is 0.927. The smallest absolute Gasteiger partial charge is 0.00683 e. The van der Waals surface area contributed by atoms with E-state index in [-0.39, 0.29) is 0 Å². The van der Waals surface area contributed by atoms with E-state index in [1.165, 1.54) is 51.5 Å². The van der Waals surface area contributed by atoms with Crippen LogP contribution in [0.5, 0.6) is 0 Å². The Kier molecular flexibility index (Phi) is 3.63. The van der Waals surface area contributed by atoms with Crippen LogP contribution < -0.4 is 5.32 Å². The standard InChI is InChI=1S/C13H23N/c1-11(12-6-2-3-7-12)5-4-10-14-13-8-9-13/h5,12-14H,2-4,6-10H2,1H3. The molecule has 80 valence electrons. The van der Waals surface area contributed by atoms with Gasteiger partial charge in [0, 0.05) is 6.04 Å². The Morgan fingerprint density at radius 3 is 2.57 bits per heavy atom.